The molecule has 0 saturated heterocycles. The smallest absolute Gasteiger partial charge is 0.222 e. The van der Waals surface area contributed by atoms with E-state index in [1.807, 2.05) is 36.7 Å². The van der Waals surface area contributed by atoms with Crippen LogP contribution in [0.2, 0.25) is 5.02 Å². The molecule has 0 atom stereocenters. The third-order valence-electron chi connectivity index (χ3n) is 5.78. The quantitative estimate of drug-likeness (QED) is 0.357. The molecule has 0 aliphatic heterocycles. The van der Waals surface area contributed by atoms with E-state index in [1.54, 1.807) is 0 Å². The molecule has 4 nitrogen and oxygen atoms in total. The summed E-state index contributed by atoms with van der Waals surface area (Å²) in [5.41, 5.74) is 4.87. The second-order valence-electron chi connectivity index (χ2n) is 8.17. The summed E-state index contributed by atoms with van der Waals surface area (Å²) >= 11 is 7.76. The van der Waals surface area contributed by atoms with Gasteiger partial charge in [0.15, 0.2) is 0 Å². The van der Waals surface area contributed by atoms with E-state index < -0.39 is 0 Å². The normalized spacial score (nSPS) is 14.4. The van der Waals surface area contributed by atoms with Crippen LogP contribution in [0.3, 0.4) is 0 Å². The summed E-state index contributed by atoms with van der Waals surface area (Å²) in [6.07, 6.45) is 12.3. The minimum absolute atomic E-state index is 0.533. The maximum absolute atomic E-state index is 6.23. The van der Waals surface area contributed by atoms with Crippen LogP contribution in [-0.2, 0) is 12.8 Å². The summed E-state index contributed by atoms with van der Waals surface area (Å²) in [5.74, 6) is 0.762. The number of anilines is 2. The van der Waals surface area contributed by atoms with Crippen LogP contribution in [0, 0.1) is 6.92 Å². The number of nitrogens with zero attached hydrogens (tertiary/aromatic N) is 2. The van der Waals surface area contributed by atoms with Gasteiger partial charge in [-0.15, -0.1) is 0 Å². The standard InChI is InChI=1S/C25H29ClN4S/c1-18-15-22(30-31-24-10-6-5-9-23(24)26)14-13-20(18)12-11-19-16-27-25(28-17-19)29-21-7-3-2-4-8-21/h5-6,9-10,13-17,21,30H,2-4,7-8,11-12H2,1H3,(H,27,28,29). The Kier molecular flexibility index (Phi) is 7.71. The molecule has 2 N–H and O–H groups in total. The van der Waals surface area contributed by atoms with E-state index in [2.05, 4.69) is 45.1 Å². The molecular weight excluding hydrogens is 424 g/mol. The fraction of sp³-hybridized carbons (Fsp3) is 0.360. The van der Waals surface area contributed by atoms with Crippen molar-refractivity contribution in [2.75, 3.05) is 10.0 Å². The number of aromatic nitrogens is 2. The Morgan fingerprint density at radius 3 is 2.52 bits per heavy atom. The van der Waals surface area contributed by atoms with Crippen molar-refractivity contribution >= 4 is 35.2 Å². The van der Waals surface area contributed by atoms with Crippen molar-refractivity contribution in [2.45, 2.75) is 62.8 Å². The van der Waals surface area contributed by atoms with Gasteiger partial charge in [0.05, 0.1) is 5.02 Å². The Labute approximate surface area is 194 Å². The summed E-state index contributed by atoms with van der Waals surface area (Å²) in [5, 5.41) is 4.24. The molecular formula is C25H29ClN4S. The first-order chi connectivity index (χ1) is 15.2. The van der Waals surface area contributed by atoms with Gasteiger partial charge in [-0.05, 0) is 85.5 Å². The lowest BCUT2D eigenvalue weighted by atomic mass is 9.96. The van der Waals surface area contributed by atoms with Gasteiger partial charge < -0.3 is 10.0 Å². The summed E-state index contributed by atoms with van der Waals surface area (Å²) < 4.78 is 3.39. The lowest BCUT2D eigenvalue weighted by molar-refractivity contribution is 0.461. The molecule has 4 rings (SSSR count). The van der Waals surface area contributed by atoms with Crippen LogP contribution in [0.15, 0.2) is 59.8 Å². The zero-order valence-corrected chi connectivity index (χ0v) is 19.5. The van der Waals surface area contributed by atoms with Crippen molar-refractivity contribution in [2.24, 2.45) is 0 Å². The molecule has 1 fully saturated rings. The lowest BCUT2D eigenvalue weighted by Gasteiger charge is -2.22. The molecule has 0 amide bonds. The highest BCUT2D eigenvalue weighted by Crippen LogP contribution is 2.28. The topological polar surface area (TPSA) is 49.8 Å². The predicted molar refractivity (Wildman–Crippen MR) is 132 cm³/mol. The van der Waals surface area contributed by atoms with Crippen LogP contribution in [-0.4, -0.2) is 16.0 Å². The van der Waals surface area contributed by atoms with Crippen LogP contribution in [0.4, 0.5) is 11.6 Å². The van der Waals surface area contributed by atoms with E-state index in [0.29, 0.717) is 6.04 Å². The molecule has 0 bridgehead atoms. The number of halogens is 1. The third-order valence-corrected chi connectivity index (χ3v) is 7.14. The largest absolute Gasteiger partial charge is 0.351 e. The van der Waals surface area contributed by atoms with Gasteiger partial charge in [-0.1, -0.05) is 49.1 Å². The Morgan fingerprint density at radius 2 is 1.77 bits per heavy atom. The third kappa shape index (κ3) is 6.37. The fourth-order valence-electron chi connectivity index (χ4n) is 3.95. The summed E-state index contributed by atoms with van der Waals surface area (Å²) in [4.78, 5) is 10.1. The SMILES string of the molecule is Cc1cc(NSc2ccccc2Cl)ccc1CCc1cnc(NC2CCCCC2)nc1. The molecule has 1 heterocycles. The minimum Gasteiger partial charge on any atom is -0.351 e. The van der Waals surface area contributed by atoms with E-state index >= 15 is 0 Å². The molecule has 3 aromatic rings. The number of rotatable bonds is 8. The number of hydrogen-bond donors (Lipinski definition) is 2. The highest BCUT2D eigenvalue weighted by molar-refractivity contribution is 8.00. The number of hydrogen-bond acceptors (Lipinski definition) is 5. The Morgan fingerprint density at radius 1 is 1.00 bits per heavy atom. The van der Waals surface area contributed by atoms with Gasteiger partial charge >= 0.3 is 0 Å². The summed E-state index contributed by atoms with van der Waals surface area (Å²) in [6, 6.07) is 14.9. The van der Waals surface area contributed by atoms with Crippen molar-refractivity contribution in [1.82, 2.24) is 9.97 Å². The van der Waals surface area contributed by atoms with E-state index in [4.69, 9.17) is 11.6 Å². The molecule has 1 saturated carbocycles. The van der Waals surface area contributed by atoms with Gasteiger partial charge in [-0.2, -0.15) is 0 Å². The molecule has 1 aromatic heterocycles. The molecule has 6 heteroatoms. The van der Waals surface area contributed by atoms with Crippen LogP contribution >= 0.6 is 23.5 Å². The zero-order valence-electron chi connectivity index (χ0n) is 17.9. The molecule has 0 radical (unpaired) electrons. The minimum atomic E-state index is 0.533. The van der Waals surface area contributed by atoms with Gasteiger partial charge in [-0.3, -0.25) is 0 Å². The second kappa shape index (κ2) is 10.9. The first-order valence-electron chi connectivity index (χ1n) is 11.0. The van der Waals surface area contributed by atoms with Crippen LogP contribution in [0.1, 0.15) is 48.8 Å². The molecule has 2 aromatic carbocycles. The van der Waals surface area contributed by atoms with E-state index in [-0.39, 0.29) is 0 Å². The highest BCUT2D eigenvalue weighted by atomic mass is 35.5. The Bertz CT molecular complexity index is 987. The summed E-state index contributed by atoms with van der Waals surface area (Å²) in [7, 11) is 0. The molecule has 0 spiro atoms. The number of benzene rings is 2. The van der Waals surface area contributed by atoms with Crippen molar-refractivity contribution < 1.29 is 0 Å². The van der Waals surface area contributed by atoms with Crippen LogP contribution < -0.4 is 10.0 Å². The fourth-order valence-corrected chi connectivity index (χ4v) is 4.87. The first kappa shape index (κ1) is 22.0. The molecule has 31 heavy (non-hydrogen) atoms. The molecule has 0 unspecified atom stereocenters. The second-order valence-corrected chi connectivity index (χ2v) is 9.43. The Balaban J connectivity index is 1.28. The average molecular weight is 453 g/mol. The molecule has 162 valence electrons. The van der Waals surface area contributed by atoms with E-state index in [0.717, 1.165) is 34.4 Å². The summed E-state index contributed by atoms with van der Waals surface area (Å²) in [6.45, 7) is 2.16. The average Bonchev–Trinajstić information content (AvgIpc) is 2.80. The van der Waals surface area contributed by atoms with Crippen molar-refractivity contribution in [3.05, 3.63) is 76.6 Å². The maximum atomic E-state index is 6.23. The molecule has 1 aliphatic carbocycles. The predicted octanol–water partition coefficient (Wildman–Crippen LogP) is 7.09. The molecule has 1 aliphatic rings. The lowest BCUT2D eigenvalue weighted by Crippen LogP contribution is -2.23. The maximum Gasteiger partial charge on any atom is 0.222 e. The van der Waals surface area contributed by atoms with E-state index in [9.17, 15) is 0 Å². The Hall–Kier alpha value is -2.24. The number of aryl methyl sites for hydroxylation is 3. The van der Waals surface area contributed by atoms with Gasteiger partial charge in [0, 0.05) is 29.0 Å². The van der Waals surface area contributed by atoms with Crippen molar-refractivity contribution in [1.29, 1.82) is 0 Å². The van der Waals surface area contributed by atoms with Gasteiger partial charge in [0.1, 0.15) is 0 Å². The van der Waals surface area contributed by atoms with E-state index in [1.165, 1.54) is 60.7 Å². The van der Waals surface area contributed by atoms with Crippen LogP contribution in [0.25, 0.3) is 0 Å². The van der Waals surface area contributed by atoms with Gasteiger partial charge in [-0.25, -0.2) is 9.97 Å². The van der Waals surface area contributed by atoms with Crippen molar-refractivity contribution in [3.8, 4) is 0 Å². The van der Waals surface area contributed by atoms with Gasteiger partial charge in [0.2, 0.25) is 5.95 Å². The first-order valence-corrected chi connectivity index (χ1v) is 12.2. The van der Waals surface area contributed by atoms with Crippen LogP contribution in [0.5, 0.6) is 0 Å². The zero-order chi connectivity index (χ0) is 21.5. The van der Waals surface area contributed by atoms with Crippen molar-refractivity contribution in [3.63, 3.8) is 0 Å². The monoisotopic (exact) mass is 452 g/mol. The number of nitrogens with one attached hydrogen (secondary N) is 2. The van der Waals surface area contributed by atoms with Gasteiger partial charge in [0.25, 0.3) is 0 Å². The highest BCUT2D eigenvalue weighted by Gasteiger charge is 2.13.